The Hall–Kier alpha value is -4.06. The third-order valence-corrected chi connectivity index (χ3v) is 5.65. The van der Waals surface area contributed by atoms with E-state index in [4.69, 9.17) is 9.47 Å². The molecule has 0 saturated carbocycles. The minimum absolute atomic E-state index is 0.142. The number of benzene rings is 3. The monoisotopic (exact) mass is 426 g/mol. The van der Waals surface area contributed by atoms with Crippen LogP contribution in [0, 0.1) is 13.8 Å². The van der Waals surface area contributed by atoms with Crippen LogP contribution in [0.5, 0.6) is 11.5 Å². The van der Waals surface area contributed by atoms with Gasteiger partial charge in [-0.2, -0.15) is 0 Å². The van der Waals surface area contributed by atoms with E-state index in [1.807, 2.05) is 68.4 Å². The van der Waals surface area contributed by atoms with Crippen LogP contribution < -0.4 is 14.8 Å². The second kappa shape index (κ2) is 7.89. The molecule has 2 aliphatic rings. The molecule has 6 nitrogen and oxygen atoms in total. The number of anilines is 1. The second-order valence-corrected chi connectivity index (χ2v) is 7.94. The van der Waals surface area contributed by atoms with Crippen molar-refractivity contribution in [2.75, 3.05) is 12.1 Å². The fourth-order valence-electron chi connectivity index (χ4n) is 4.02. The van der Waals surface area contributed by atoms with E-state index in [0.717, 1.165) is 22.4 Å². The van der Waals surface area contributed by atoms with Crippen molar-refractivity contribution in [2.45, 2.75) is 20.4 Å². The van der Waals surface area contributed by atoms with Crippen molar-refractivity contribution in [3.8, 4) is 11.5 Å². The van der Waals surface area contributed by atoms with Crippen molar-refractivity contribution in [3.05, 3.63) is 94.7 Å². The van der Waals surface area contributed by atoms with E-state index in [0.29, 0.717) is 22.6 Å². The number of rotatable bonds is 5. The molecule has 0 fully saturated rings. The van der Waals surface area contributed by atoms with Gasteiger partial charge < -0.3 is 14.8 Å². The number of carbonyl (C=O) groups is 2. The quantitative estimate of drug-likeness (QED) is 0.612. The van der Waals surface area contributed by atoms with Crippen LogP contribution in [0.3, 0.4) is 0 Å². The van der Waals surface area contributed by atoms with Gasteiger partial charge in [0.05, 0.1) is 12.1 Å². The van der Waals surface area contributed by atoms with E-state index >= 15 is 0 Å². The Labute approximate surface area is 186 Å². The highest BCUT2D eigenvalue weighted by atomic mass is 16.7. The zero-order valence-electron chi connectivity index (χ0n) is 17.8. The first-order valence-electron chi connectivity index (χ1n) is 10.4. The predicted molar refractivity (Wildman–Crippen MR) is 121 cm³/mol. The molecule has 160 valence electrons. The summed E-state index contributed by atoms with van der Waals surface area (Å²) in [5.74, 6) is 0.595. The van der Waals surface area contributed by atoms with E-state index in [9.17, 15) is 9.59 Å². The zero-order chi connectivity index (χ0) is 22.2. The number of hydrogen-bond donors (Lipinski definition) is 1. The van der Waals surface area contributed by atoms with Crippen LogP contribution in [0.2, 0.25) is 0 Å². The summed E-state index contributed by atoms with van der Waals surface area (Å²) in [5, 5.41) is 3.25. The van der Waals surface area contributed by atoms with Crippen LogP contribution in [-0.2, 0) is 16.1 Å². The maximum Gasteiger partial charge on any atom is 0.278 e. The number of carbonyl (C=O) groups excluding carboxylic acids is 2. The molecule has 2 amide bonds. The lowest BCUT2D eigenvalue weighted by atomic mass is 10.0. The van der Waals surface area contributed by atoms with E-state index in [1.54, 1.807) is 12.1 Å². The smallest absolute Gasteiger partial charge is 0.278 e. The third-order valence-electron chi connectivity index (χ3n) is 5.65. The molecule has 0 bridgehead atoms. The van der Waals surface area contributed by atoms with Gasteiger partial charge in [-0.05, 0) is 48.7 Å². The number of nitrogens with zero attached hydrogens (tertiary/aromatic N) is 1. The van der Waals surface area contributed by atoms with Crippen molar-refractivity contribution < 1.29 is 19.1 Å². The Morgan fingerprint density at radius 1 is 0.875 bits per heavy atom. The molecule has 0 spiro atoms. The molecule has 2 heterocycles. The number of hydrogen-bond acceptors (Lipinski definition) is 5. The molecule has 0 aromatic heterocycles. The van der Waals surface area contributed by atoms with Gasteiger partial charge in [-0.15, -0.1) is 0 Å². The summed E-state index contributed by atoms with van der Waals surface area (Å²) in [5.41, 5.74) is 5.07. The highest BCUT2D eigenvalue weighted by Crippen LogP contribution is 2.35. The molecule has 6 heteroatoms. The number of nitrogens with one attached hydrogen (secondary N) is 1. The maximum absolute atomic E-state index is 13.4. The van der Waals surface area contributed by atoms with Crippen molar-refractivity contribution >= 4 is 23.1 Å². The summed E-state index contributed by atoms with van der Waals surface area (Å²) in [6.07, 6.45) is 0. The number of amides is 2. The average molecular weight is 426 g/mol. The minimum atomic E-state index is -0.355. The molecular formula is C26H22N2O4. The Bertz CT molecular complexity index is 1260. The largest absolute Gasteiger partial charge is 0.454 e. The van der Waals surface area contributed by atoms with Crippen molar-refractivity contribution in [1.29, 1.82) is 0 Å². The molecule has 3 aromatic rings. The molecule has 32 heavy (non-hydrogen) atoms. The Morgan fingerprint density at radius 2 is 1.66 bits per heavy atom. The molecule has 2 aliphatic heterocycles. The fraction of sp³-hybridized carbons (Fsp3) is 0.154. The highest BCUT2D eigenvalue weighted by molar-refractivity contribution is 6.36. The van der Waals surface area contributed by atoms with Crippen LogP contribution in [0.15, 0.2) is 72.4 Å². The number of fused-ring (bicyclic) bond motifs is 1. The van der Waals surface area contributed by atoms with Crippen LogP contribution in [0.1, 0.15) is 22.3 Å². The summed E-state index contributed by atoms with van der Waals surface area (Å²) >= 11 is 0. The fourth-order valence-corrected chi connectivity index (χ4v) is 4.02. The molecule has 0 radical (unpaired) electrons. The van der Waals surface area contributed by atoms with Crippen LogP contribution in [0.4, 0.5) is 5.69 Å². The summed E-state index contributed by atoms with van der Waals surface area (Å²) in [4.78, 5) is 28.2. The molecule has 3 aromatic carbocycles. The minimum Gasteiger partial charge on any atom is -0.454 e. The first-order valence-corrected chi connectivity index (χ1v) is 10.4. The molecular weight excluding hydrogens is 404 g/mol. The number of ether oxygens (including phenoxy) is 2. The summed E-state index contributed by atoms with van der Waals surface area (Å²) < 4.78 is 10.8. The Balaban J connectivity index is 1.51. The first kappa shape index (κ1) is 19.9. The van der Waals surface area contributed by atoms with E-state index in [-0.39, 0.29) is 30.8 Å². The molecule has 5 rings (SSSR count). The van der Waals surface area contributed by atoms with Crippen molar-refractivity contribution in [2.24, 2.45) is 0 Å². The lowest BCUT2D eigenvalue weighted by Crippen LogP contribution is -2.32. The van der Waals surface area contributed by atoms with Gasteiger partial charge in [-0.25, -0.2) is 0 Å². The van der Waals surface area contributed by atoms with Gasteiger partial charge in [0.1, 0.15) is 5.70 Å². The summed E-state index contributed by atoms with van der Waals surface area (Å²) in [6.45, 7) is 4.30. The van der Waals surface area contributed by atoms with Gasteiger partial charge in [0, 0.05) is 5.69 Å². The van der Waals surface area contributed by atoms with Crippen molar-refractivity contribution in [3.63, 3.8) is 0 Å². The average Bonchev–Trinajstić information content (AvgIpc) is 3.34. The highest BCUT2D eigenvalue weighted by Gasteiger charge is 2.39. The maximum atomic E-state index is 13.4. The van der Waals surface area contributed by atoms with E-state index in [2.05, 4.69) is 5.32 Å². The summed E-state index contributed by atoms with van der Waals surface area (Å²) in [6, 6.07) is 20.7. The second-order valence-electron chi connectivity index (χ2n) is 7.94. The lowest BCUT2D eigenvalue weighted by Gasteiger charge is -2.16. The number of aryl methyl sites for hydroxylation is 2. The molecule has 0 unspecified atom stereocenters. The van der Waals surface area contributed by atoms with Crippen molar-refractivity contribution in [1.82, 2.24) is 4.90 Å². The Kier molecular flexibility index (Phi) is 4.90. The van der Waals surface area contributed by atoms with Gasteiger partial charge in [0.25, 0.3) is 11.8 Å². The van der Waals surface area contributed by atoms with Crippen LogP contribution >= 0.6 is 0 Å². The molecule has 0 saturated heterocycles. The zero-order valence-corrected chi connectivity index (χ0v) is 17.8. The standard InChI is InChI=1S/C26H22N2O4/c1-16-8-10-20(17(2)12-16)27-24-23(19-6-4-3-5-7-19)25(29)28(26(24)30)14-18-9-11-21-22(13-18)32-15-31-21/h3-13,27H,14-15H2,1-2H3. The van der Waals surface area contributed by atoms with Crippen LogP contribution in [0.25, 0.3) is 5.57 Å². The SMILES string of the molecule is Cc1ccc(NC2=C(c3ccccc3)C(=O)N(Cc3ccc4c(c3)OCO4)C2=O)c(C)c1. The van der Waals surface area contributed by atoms with Gasteiger partial charge in [-0.3, -0.25) is 14.5 Å². The lowest BCUT2D eigenvalue weighted by molar-refractivity contribution is -0.137. The topological polar surface area (TPSA) is 67.9 Å². The van der Waals surface area contributed by atoms with E-state index in [1.165, 1.54) is 4.90 Å². The predicted octanol–water partition coefficient (Wildman–Crippen LogP) is 4.42. The van der Waals surface area contributed by atoms with Gasteiger partial charge in [0.2, 0.25) is 6.79 Å². The first-order chi connectivity index (χ1) is 15.5. The number of imide groups is 1. The van der Waals surface area contributed by atoms with E-state index < -0.39 is 0 Å². The molecule has 0 atom stereocenters. The van der Waals surface area contributed by atoms with Crippen LogP contribution in [-0.4, -0.2) is 23.5 Å². The van der Waals surface area contributed by atoms with Gasteiger partial charge >= 0.3 is 0 Å². The normalized spacial score (nSPS) is 15.0. The van der Waals surface area contributed by atoms with Gasteiger partial charge in [0.15, 0.2) is 11.5 Å². The molecule has 0 aliphatic carbocycles. The third kappa shape index (κ3) is 3.50. The molecule has 1 N–H and O–H groups in total. The summed E-state index contributed by atoms with van der Waals surface area (Å²) in [7, 11) is 0. The Morgan fingerprint density at radius 3 is 2.44 bits per heavy atom. The van der Waals surface area contributed by atoms with Gasteiger partial charge in [-0.1, -0.05) is 54.1 Å².